The molecule has 0 spiro atoms. The first-order valence-corrected chi connectivity index (χ1v) is 9.41. The lowest BCUT2D eigenvalue weighted by Gasteiger charge is -2.28. The van der Waals surface area contributed by atoms with Gasteiger partial charge in [-0.05, 0) is 24.6 Å². The first-order chi connectivity index (χ1) is 14.4. The first kappa shape index (κ1) is 22.9. The number of carbonyl (C=O) groups excluding carboxylic acids is 2. The van der Waals surface area contributed by atoms with E-state index in [0.717, 1.165) is 5.56 Å². The summed E-state index contributed by atoms with van der Waals surface area (Å²) in [7, 11) is 6.17. The minimum atomic E-state index is -0.683. The van der Waals surface area contributed by atoms with Crippen molar-refractivity contribution in [2.24, 2.45) is 0 Å². The molecule has 0 heterocycles. The zero-order valence-electron chi connectivity index (χ0n) is 17.9. The number of nitrogens with zero attached hydrogens (tertiary/aromatic N) is 1. The van der Waals surface area contributed by atoms with Crippen LogP contribution in [0.25, 0.3) is 0 Å². The monoisotopic (exact) mass is 416 g/mol. The summed E-state index contributed by atoms with van der Waals surface area (Å²) in [5.74, 6) is 1.58. The third kappa shape index (κ3) is 6.04. The van der Waals surface area contributed by atoms with Gasteiger partial charge in [-0.1, -0.05) is 12.1 Å². The van der Waals surface area contributed by atoms with Crippen LogP contribution in [0.3, 0.4) is 0 Å². The van der Waals surface area contributed by atoms with Crippen molar-refractivity contribution in [1.82, 2.24) is 10.2 Å². The minimum absolute atomic E-state index is 0.232. The van der Waals surface area contributed by atoms with E-state index in [2.05, 4.69) is 5.32 Å². The van der Waals surface area contributed by atoms with Crippen LogP contribution in [0.2, 0.25) is 0 Å². The van der Waals surface area contributed by atoms with Crippen LogP contribution in [0.4, 0.5) is 0 Å². The Bertz CT molecular complexity index is 848. The van der Waals surface area contributed by atoms with Gasteiger partial charge in [0.25, 0.3) is 5.91 Å². The van der Waals surface area contributed by atoms with Gasteiger partial charge in [0.15, 0.2) is 6.61 Å². The summed E-state index contributed by atoms with van der Waals surface area (Å²) in [5.41, 5.74) is 0.835. The number of ether oxygens (including phenoxy) is 4. The number of amides is 2. The van der Waals surface area contributed by atoms with Gasteiger partial charge in [-0.25, -0.2) is 0 Å². The van der Waals surface area contributed by atoms with E-state index in [1.165, 1.54) is 26.2 Å². The number of nitrogens with one attached hydrogen (secondary N) is 1. The number of carbonyl (C=O) groups is 2. The van der Waals surface area contributed by atoms with Crippen LogP contribution >= 0.6 is 0 Å². The molecule has 0 bridgehead atoms. The van der Waals surface area contributed by atoms with Gasteiger partial charge in [0.05, 0.1) is 21.3 Å². The molecule has 8 heteroatoms. The normalized spacial score (nSPS) is 11.2. The van der Waals surface area contributed by atoms with Crippen LogP contribution in [0.1, 0.15) is 12.5 Å². The van der Waals surface area contributed by atoms with E-state index >= 15 is 0 Å². The van der Waals surface area contributed by atoms with Crippen molar-refractivity contribution in [2.75, 3.05) is 35.0 Å². The molecule has 0 fully saturated rings. The summed E-state index contributed by atoms with van der Waals surface area (Å²) in [6.45, 7) is 1.66. The third-order valence-corrected chi connectivity index (χ3v) is 4.59. The van der Waals surface area contributed by atoms with E-state index in [-0.39, 0.29) is 25.0 Å². The third-order valence-electron chi connectivity index (χ3n) is 4.59. The summed E-state index contributed by atoms with van der Waals surface area (Å²) in [5, 5.41) is 2.58. The van der Waals surface area contributed by atoms with Crippen molar-refractivity contribution >= 4 is 11.8 Å². The molecule has 0 radical (unpaired) electrons. The van der Waals surface area contributed by atoms with Gasteiger partial charge in [-0.3, -0.25) is 9.59 Å². The molecule has 2 aromatic rings. The Morgan fingerprint density at radius 1 is 0.933 bits per heavy atom. The van der Waals surface area contributed by atoms with Crippen molar-refractivity contribution in [3.63, 3.8) is 0 Å². The van der Waals surface area contributed by atoms with Crippen LogP contribution in [0.5, 0.6) is 23.0 Å². The van der Waals surface area contributed by atoms with E-state index in [1.807, 2.05) is 24.3 Å². The topological polar surface area (TPSA) is 86.3 Å². The molecule has 1 unspecified atom stereocenters. The quantitative estimate of drug-likeness (QED) is 0.639. The fraction of sp³-hybridized carbons (Fsp3) is 0.364. The molecule has 2 aromatic carbocycles. The fourth-order valence-electron chi connectivity index (χ4n) is 2.85. The molecule has 162 valence electrons. The highest BCUT2D eigenvalue weighted by molar-refractivity contribution is 5.87. The maximum Gasteiger partial charge on any atom is 0.261 e. The highest BCUT2D eigenvalue weighted by Gasteiger charge is 2.26. The number of methoxy groups -OCH3 is 3. The highest BCUT2D eigenvalue weighted by Crippen LogP contribution is 2.27. The number of hydrogen-bond donors (Lipinski definition) is 1. The molecule has 0 aliphatic heterocycles. The molecule has 0 saturated heterocycles. The van der Waals surface area contributed by atoms with Crippen molar-refractivity contribution in [3.05, 3.63) is 48.0 Å². The molecule has 0 aliphatic rings. The maximum atomic E-state index is 13.0. The molecule has 30 heavy (non-hydrogen) atoms. The lowest BCUT2D eigenvalue weighted by Crippen LogP contribution is -2.48. The second kappa shape index (κ2) is 10.9. The summed E-state index contributed by atoms with van der Waals surface area (Å²) in [4.78, 5) is 26.6. The van der Waals surface area contributed by atoms with Crippen molar-refractivity contribution < 1.29 is 28.5 Å². The Balaban J connectivity index is 2.19. The molecular formula is C22H28N2O6. The molecule has 0 saturated carbocycles. The average Bonchev–Trinajstić information content (AvgIpc) is 2.79. The number of hydrogen-bond acceptors (Lipinski definition) is 6. The Morgan fingerprint density at radius 3 is 2.10 bits per heavy atom. The van der Waals surface area contributed by atoms with Crippen LogP contribution in [0.15, 0.2) is 42.5 Å². The number of benzene rings is 2. The van der Waals surface area contributed by atoms with Gasteiger partial charge in [0.2, 0.25) is 5.91 Å². The minimum Gasteiger partial charge on any atom is -0.497 e. The van der Waals surface area contributed by atoms with E-state index in [4.69, 9.17) is 18.9 Å². The lowest BCUT2D eigenvalue weighted by atomic mass is 10.1. The van der Waals surface area contributed by atoms with Crippen LogP contribution in [-0.2, 0) is 16.1 Å². The van der Waals surface area contributed by atoms with Gasteiger partial charge >= 0.3 is 0 Å². The smallest absolute Gasteiger partial charge is 0.261 e. The lowest BCUT2D eigenvalue weighted by molar-refractivity contribution is -0.142. The molecule has 2 amide bonds. The Hall–Kier alpha value is -3.42. The number of likely N-dealkylation sites (N-methyl/N-ethyl adjacent to an activating group) is 1. The highest BCUT2D eigenvalue weighted by atomic mass is 16.5. The van der Waals surface area contributed by atoms with Crippen molar-refractivity contribution in [2.45, 2.75) is 19.5 Å². The maximum absolute atomic E-state index is 13.0. The van der Waals surface area contributed by atoms with Gasteiger partial charge < -0.3 is 29.2 Å². The second-order valence-electron chi connectivity index (χ2n) is 6.50. The zero-order chi connectivity index (χ0) is 22.1. The van der Waals surface area contributed by atoms with Crippen molar-refractivity contribution in [3.8, 4) is 23.0 Å². The van der Waals surface area contributed by atoms with E-state index < -0.39 is 6.04 Å². The largest absolute Gasteiger partial charge is 0.497 e. The zero-order valence-corrected chi connectivity index (χ0v) is 17.9. The van der Waals surface area contributed by atoms with Gasteiger partial charge in [0.1, 0.15) is 29.0 Å². The van der Waals surface area contributed by atoms with E-state index in [0.29, 0.717) is 23.0 Å². The number of rotatable bonds is 10. The molecule has 1 atom stereocenters. The molecule has 0 aromatic heterocycles. The van der Waals surface area contributed by atoms with Gasteiger partial charge in [0, 0.05) is 31.8 Å². The summed E-state index contributed by atoms with van der Waals surface area (Å²) >= 11 is 0. The van der Waals surface area contributed by atoms with Gasteiger partial charge in [-0.15, -0.1) is 0 Å². The predicted octanol–water partition coefficient (Wildman–Crippen LogP) is 2.25. The first-order valence-electron chi connectivity index (χ1n) is 9.41. The van der Waals surface area contributed by atoms with Crippen LogP contribution < -0.4 is 24.3 Å². The van der Waals surface area contributed by atoms with Crippen LogP contribution in [0, 0.1) is 0 Å². The average molecular weight is 416 g/mol. The second-order valence-corrected chi connectivity index (χ2v) is 6.50. The molecule has 1 N–H and O–H groups in total. The van der Waals surface area contributed by atoms with E-state index in [9.17, 15) is 9.59 Å². The summed E-state index contributed by atoms with van der Waals surface area (Å²) in [6, 6.07) is 11.7. The Morgan fingerprint density at radius 2 is 1.53 bits per heavy atom. The van der Waals surface area contributed by atoms with Crippen LogP contribution in [-0.4, -0.2) is 57.7 Å². The van der Waals surface area contributed by atoms with Crippen molar-refractivity contribution in [1.29, 1.82) is 0 Å². The molecule has 0 aliphatic carbocycles. The molecule has 8 nitrogen and oxygen atoms in total. The molecular weight excluding hydrogens is 388 g/mol. The van der Waals surface area contributed by atoms with Gasteiger partial charge in [-0.2, -0.15) is 0 Å². The van der Waals surface area contributed by atoms with E-state index in [1.54, 1.807) is 32.2 Å². The Labute approximate surface area is 176 Å². The SMILES string of the molecule is CNC(=O)C(C)N(Cc1cccc(OC)c1)C(=O)COc1cc(OC)cc(OC)c1. The summed E-state index contributed by atoms with van der Waals surface area (Å²) in [6.07, 6.45) is 0. The predicted molar refractivity (Wildman–Crippen MR) is 112 cm³/mol. The standard InChI is InChI=1S/C22H28N2O6/c1-15(22(26)23-2)24(13-16-7-6-8-17(9-16)27-3)21(25)14-30-20-11-18(28-4)10-19(12-20)29-5/h6-12,15H,13-14H2,1-5H3,(H,23,26). The Kier molecular flexibility index (Phi) is 8.34. The molecule has 2 rings (SSSR count). The summed E-state index contributed by atoms with van der Waals surface area (Å²) < 4.78 is 21.3. The fourth-order valence-corrected chi connectivity index (χ4v) is 2.85.